The zero-order valence-electron chi connectivity index (χ0n) is 10.1. The maximum absolute atomic E-state index is 13.9. The summed E-state index contributed by atoms with van der Waals surface area (Å²) in [5.41, 5.74) is -0.142. The predicted octanol–water partition coefficient (Wildman–Crippen LogP) is 3.42. The Morgan fingerprint density at radius 3 is 2.56 bits per heavy atom. The molecule has 0 amide bonds. The van der Waals surface area contributed by atoms with E-state index in [2.05, 4.69) is 0 Å². The zero-order valence-corrected chi connectivity index (χ0v) is 10.9. The molecule has 0 spiro atoms. The average molecular weight is 271 g/mol. The molecular formula is C14H16ClFO2. The van der Waals surface area contributed by atoms with E-state index in [0.29, 0.717) is 43.7 Å². The number of carbonyl (C=O) groups excluding carboxylic acids is 1. The molecule has 1 aromatic rings. The number of hydrogen-bond acceptors (Lipinski definition) is 2. The molecule has 0 atom stereocenters. The molecule has 0 heterocycles. The Hall–Kier alpha value is -0.930. The Kier molecular flexibility index (Phi) is 4.36. The Balaban J connectivity index is 2.30. The Morgan fingerprint density at radius 1 is 1.28 bits per heavy atom. The summed E-state index contributed by atoms with van der Waals surface area (Å²) in [6.45, 7) is 0.365. The van der Waals surface area contributed by atoms with Crippen LogP contribution in [0.25, 0.3) is 0 Å². The molecule has 0 aromatic heterocycles. The molecular weight excluding hydrogens is 255 g/mol. The highest BCUT2D eigenvalue weighted by Gasteiger charge is 2.39. The van der Waals surface area contributed by atoms with Crippen molar-refractivity contribution in [1.82, 2.24) is 0 Å². The van der Waals surface area contributed by atoms with Crippen LogP contribution in [0.4, 0.5) is 4.39 Å². The van der Waals surface area contributed by atoms with Crippen LogP contribution in [-0.2, 0) is 15.1 Å². The minimum Gasteiger partial charge on any atom is -0.369 e. The first kappa shape index (κ1) is 13.5. The molecule has 1 aliphatic carbocycles. The van der Waals surface area contributed by atoms with Gasteiger partial charge in [-0.2, -0.15) is 0 Å². The van der Waals surface area contributed by atoms with E-state index < -0.39 is 5.60 Å². The van der Waals surface area contributed by atoms with E-state index in [1.54, 1.807) is 18.2 Å². The minimum atomic E-state index is -0.686. The predicted molar refractivity (Wildman–Crippen MR) is 68.2 cm³/mol. The molecule has 0 radical (unpaired) electrons. The Labute approximate surface area is 111 Å². The summed E-state index contributed by atoms with van der Waals surface area (Å²) in [5, 5.41) is 0. The molecule has 0 N–H and O–H groups in total. The van der Waals surface area contributed by atoms with Gasteiger partial charge in [-0.3, -0.25) is 4.79 Å². The summed E-state index contributed by atoms with van der Waals surface area (Å²) >= 11 is 5.65. The van der Waals surface area contributed by atoms with Gasteiger partial charge in [0.2, 0.25) is 0 Å². The maximum Gasteiger partial charge on any atom is 0.133 e. The van der Waals surface area contributed by atoms with E-state index >= 15 is 0 Å². The van der Waals surface area contributed by atoms with Gasteiger partial charge in [0.05, 0.1) is 12.2 Å². The Bertz CT molecular complexity index is 424. The molecule has 98 valence electrons. The summed E-state index contributed by atoms with van der Waals surface area (Å²) in [4.78, 5) is 11.4. The second-order valence-corrected chi connectivity index (χ2v) is 4.93. The first-order valence-electron chi connectivity index (χ1n) is 6.14. The second kappa shape index (κ2) is 5.81. The van der Waals surface area contributed by atoms with Crippen molar-refractivity contribution in [3.05, 3.63) is 35.6 Å². The molecule has 4 heteroatoms. The van der Waals surface area contributed by atoms with Gasteiger partial charge in [-0.1, -0.05) is 18.2 Å². The normalized spacial score (nSPS) is 18.9. The fourth-order valence-corrected chi connectivity index (χ4v) is 2.57. The molecule has 0 aliphatic heterocycles. The van der Waals surface area contributed by atoms with Crippen LogP contribution >= 0.6 is 11.6 Å². The number of benzene rings is 1. The number of Topliss-reactive ketones (excluding diaryl/α,β-unsaturated/α-hetero) is 1. The lowest BCUT2D eigenvalue weighted by Gasteiger charge is -2.37. The van der Waals surface area contributed by atoms with Crippen molar-refractivity contribution in [2.24, 2.45) is 0 Å². The highest BCUT2D eigenvalue weighted by molar-refractivity contribution is 6.17. The third-order valence-electron chi connectivity index (χ3n) is 3.44. The second-order valence-electron chi connectivity index (χ2n) is 4.55. The highest BCUT2D eigenvalue weighted by Crippen LogP contribution is 2.40. The summed E-state index contributed by atoms with van der Waals surface area (Å²) in [6.07, 6.45) is 1.94. The summed E-state index contributed by atoms with van der Waals surface area (Å²) in [5.74, 6) is 0.308. The molecule has 1 fully saturated rings. The third kappa shape index (κ3) is 2.73. The molecule has 0 unspecified atom stereocenters. The lowest BCUT2D eigenvalue weighted by atomic mass is 9.78. The van der Waals surface area contributed by atoms with Crippen molar-refractivity contribution in [2.45, 2.75) is 31.3 Å². The van der Waals surface area contributed by atoms with E-state index in [1.807, 2.05) is 0 Å². The van der Waals surface area contributed by atoms with Crippen molar-refractivity contribution in [2.75, 3.05) is 12.5 Å². The average Bonchev–Trinajstić information content (AvgIpc) is 2.39. The van der Waals surface area contributed by atoms with Crippen LogP contribution in [0.3, 0.4) is 0 Å². The van der Waals surface area contributed by atoms with Crippen molar-refractivity contribution in [3.8, 4) is 0 Å². The van der Waals surface area contributed by atoms with Gasteiger partial charge in [0.1, 0.15) is 11.6 Å². The van der Waals surface area contributed by atoms with E-state index in [1.165, 1.54) is 6.07 Å². The van der Waals surface area contributed by atoms with Crippen molar-refractivity contribution >= 4 is 17.4 Å². The highest BCUT2D eigenvalue weighted by atomic mass is 35.5. The zero-order chi connectivity index (χ0) is 13.0. The van der Waals surface area contributed by atoms with Gasteiger partial charge in [0.25, 0.3) is 0 Å². The van der Waals surface area contributed by atoms with Gasteiger partial charge >= 0.3 is 0 Å². The molecule has 1 aliphatic rings. The van der Waals surface area contributed by atoms with Crippen LogP contribution in [0, 0.1) is 5.82 Å². The van der Waals surface area contributed by atoms with Gasteiger partial charge in [0.15, 0.2) is 0 Å². The number of hydrogen-bond donors (Lipinski definition) is 0. The molecule has 2 nitrogen and oxygen atoms in total. The lowest BCUT2D eigenvalue weighted by molar-refractivity contribution is -0.130. The number of carbonyl (C=O) groups is 1. The number of ether oxygens (including phenoxy) is 1. The van der Waals surface area contributed by atoms with Crippen molar-refractivity contribution in [1.29, 1.82) is 0 Å². The van der Waals surface area contributed by atoms with E-state index in [4.69, 9.17) is 16.3 Å². The van der Waals surface area contributed by atoms with Crippen LogP contribution in [-0.4, -0.2) is 18.3 Å². The van der Waals surface area contributed by atoms with Crippen molar-refractivity contribution in [3.63, 3.8) is 0 Å². The van der Waals surface area contributed by atoms with Crippen LogP contribution in [0.15, 0.2) is 24.3 Å². The number of rotatable bonds is 4. The molecule has 1 saturated carbocycles. The standard InChI is InChI=1S/C14H16ClFO2/c15-9-10-18-14(7-5-11(17)6-8-14)12-3-1-2-4-13(12)16/h1-4H,5-10H2. The summed E-state index contributed by atoms with van der Waals surface area (Å²) < 4.78 is 19.8. The molecule has 0 bridgehead atoms. The molecule has 18 heavy (non-hydrogen) atoms. The third-order valence-corrected chi connectivity index (χ3v) is 3.59. The van der Waals surface area contributed by atoms with Crippen molar-refractivity contribution < 1.29 is 13.9 Å². The van der Waals surface area contributed by atoms with Crippen LogP contribution < -0.4 is 0 Å². The number of halogens is 2. The van der Waals surface area contributed by atoms with E-state index in [-0.39, 0.29) is 11.6 Å². The Morgan fingerprint density at radius 2 is 1.94 bits per heavy atom. The van der Waals surface area contributed by atoms with Gasteiger partial charge in [0, 0.05) is 24.3 Å². The first-order valence-corrected chi connectivity index (χ1v) is 6.68. The fraction of sp³-hybridized carbons (Fsp3) is 0.500. The number of ketones is 1. The van der Waals surface area contributed by atoms with Crippen LogP contribution in [0.2, 0.25) is 0 Å². The van der Waals surface area contributed by atoms with Gasteiger partial charge in [-0.15, -0.1) is 11.6 Å². The summed E-state index contributed by atoms with van der Waals surface area (Å²) in [7, 11) is 0. The number of alkyl halides is 1. The molecule has 0 saturated heterocycles. The van der Waals surface area contributed by atoms with Crippen LogP contribution in [0.1, 0.15) is 31.2 Å². The minimum absolute atomic E-state index is 0.219. The largest absolute Gasteiger partial charge is 0.369 e. The van der Waals surface area contributed by atoms with E-state index in [9.17, 15) is 9.18 Å². The fourth-order valence-electron chi connectivity index (χ4n) is 2.49. The SMILES string of the molecule is O=C1CCC(OCCCl)(c2ccccc2F)CC1. The van der Waals surface area contributed by atoms with Gasteiger partial charge < -0.3 is 4.74 Å². The summed E-state index contributed by atoms with van der Waals surface area (Å²) in [6, 6.07) is 6.61. The monoisotopic (exact) mass is 270 g/mol. The quantitative estimate of drug-likeness (QED) is 0.784. The van der Waals surface area contributed by atoms with Crippen LogP contribution in [0.5, 0.6) is 0 Å². The molecule has 1 aromatic carbocycles. The van der Waals surface area contributed by atoms with Gasteiger partial charge in [-0.25, -0.2) is 4.39 Å². The first-order chi connectivity index (χ1) is 8.68. The van der Waals surface area contributed by atoms with Gasteiger partial charge in [-0.05, 0) is 18.9 Å². The lowest BCUT2D eigenvalue weighted by Crippen LogP contribution is -2.36. The maximum atomic E-state index is 13.9. The topological polar surface area (TPSA) is 26.3 Å². The molecule has 2 rings (SSSR count). The smallest absolute Gasteiger partial charge is 0.133 e. The van der Waals surface area contributed by atoms with E-state index in [0.717, 1.165) is 0 Å².